The van der Waals surface area contributed by atoms with Gasteiger partial charge in [0, 0.05) is 19.8 Å². The Bertz CT molecular complexity index is 804. The van der Waals surface area contributed by atoms with Crippen LogP contribution in [-0.2, 0) is 6.54 Å². The molecule has 2 aromatic rings. The van der Waals surface area contributed by atoms with E-state index in [0.717, 1.165) is 11.1 Å². The van der Waals surface area contributed by atoms with Gasteiger partial charge in [-0.2, -0.15) is 0 Å². The lowest BCUT2D eigenvalue weighted by molar-refractivity contribution is 0.0696. The molecule has 1 aromatic carbocycles. The summed E-state index contributed by atoms with van der Waals surface area (Å²) in [6.07, 6.45) is 1.31. The maximum atomic E-state index is 12.5. The number of hydrogen-bond donors (Lipinski definition) is 1. The van der Waals surface area contributed by atoms with Crippen molar-refractivity contribution in [1.82, 2.24) is 9.88 Å². The first-order valence-electron chi connectivity index (χ1n) is 7.53. The average molecular weight is 344 g/mol. The molecule has 0 spiro atoms. The summed E-state index contributed by atoms with van der Waals surface area (Å²) < 4.78 is 10.6. The van der Waals surface area contributed by atoms with E-state index < -0.39 is 5.97 Å². The van der Waals surface area contributed by atoms with Gasteiger partial charge in [-0.3, -0.25) is 9.78 Å². The third-order valence-electron chi connectivity index (χ3n) is 3.82. The summed E-state index contributed by atoms with van der Waals surface area (Å²) in [5.74, 6) is -0.268. The van der Waals surface area contributed by atoms with Crippen LogP contribution in [0.4, 0.5) is 0 Å². The summed E-state index contributed by atoms with van der Waals surface area (Å²) in [6, 6.07) is 6.27. The van der Waals surface area contributed by atoms with Gasteiger partial charge >= 0.3 is 5.97 Å². The summed E-state index contributed by atoms with van der Waals surface area (Å²) in [7, 11) is 4.74. The number of ether oxygens (including phenoxy) is 2. The molecular formula is C18H20N2O5. The van der Waals surface area contributed by atoms with Gasteiger partial charge in [0.25, 0.3) is 5.91 Å². The second kappa shape index (κ2) is 7.65. The van der Waals surface area contributed by atoms with Crippen LogP contribution in [-0.4, -0.2) is 48.1 Å². The number of methoxy groups -OCH3 is 2. The number of hydrogen-bond acceptors (Lipinski definition) is 5. The van der Waals surface area contributed by atoms with E-state index >= 15 is 0 Å². The summed E-state index contributed by atoms with van der Waals surface area (Å²) in [6.45, 7) is 2.24. The van der Waals surface area contributed by atoms with Gasteiger partial charge in [0.1, 0.15) is 5.69 Å². The molecule has 0 saturated heterocycles. The van der Waals surface area contributed by atoms with E-state index in [0.29, 0.717) is 18.0 Å². The molecule has 0 aliphatic heterocycles. The number of amides is 1. The van der Waals surface area contributed by atoms with Crippen molar-refractivity contribution in [1.29, 1.82) is 0 Å². The fraction of sp³-hybridized carbons (Fsp3) is 0.278. The van der Waals surface area contributed by atoms with Crippen molar-refractivity contribution in [3.63, 3.8) is 0 Å². The molecular weight excluding hydrogens is 324 g/mol. The topological polar surface area (TPSA) is 89.0 Å². The molecule has 0 aliphatic carbocycles. The number of aromatic nitrogens is 1. The summed E-state index contributed by atoms with van der Waals surface area (Å²) in [5, 5.41) is 9.03. The number of carbonyl (C=O) groups excluding carboxylic acids is 1. The number of carboxylic acids is 1. The van der Waals surface area contributed by atoms with Crippen LogP contribution < -0.4 is 9.47 Å². The summed E-state index contributed by atoms with van der Waals surface area (Å²) in [5.41, 5.74) is 1.95. The van der Waals surface area contributed by atoms with Crippen LogP contribution >= 0.6 is 0 Å². The zero-order chi connectivity index (χ0) is 18.6. The molecule has 0 saturated carbocycles. The minimum atomic E-state index is -1.10. The van der Waals surface area contributed by atoms with Crippen molar-refractivity contribution in [3.05, 3.63) is 52.8 Å². The summed E-state index contributed by atoms with van der Waals surface area (Å²) in [4.78, 5) is 29.0. The SMILES string of the molecule is COc1cc(C)c(CN(C)C(=O)c2cc(C(=O)O)ccn2)cc1OC. The van der Waals surface area contributed by atoms with Crippen LogP contribution in [0.3, 0.4) is 0 Å². The molecule has 7 heteroatoms. The van der Waals surface area contributed by atoms with Crippen molar-refractivity contribution in [2.75, 3.05) is 21.3 Å². The van der Waals surface area contributed by atoms with Gasteiger partial charge in [-0.15, -0.1) is 0 Å². The number of rotatable bonds is 6. The van der Waals surface area contributed by atoms with E-state index in [1.54, 1.807) is 21.3 Å². The Labute approximate surface area is 145 Å². The highest BCUT2D eigenvalue weighted by Gasteiger charge is 2.17. The van der Waals surface area contributed by atoms with E-state index in [1.807, 2.05) is 19.1 Å². The Morgan fingerprint density at radius 1 is 1.16 bits per heavy atom. The Kier molecular flexibility index (Phi) is 5.59. The first kappa shape index (κ1) is 18.3. The van der Waals surface area contributed by atoms with Crippen molar-refractivity contribution in [2.24, 2.45) is 0 Å². The van der Waals surface area contributed by atoms with Gasteiger partial charge in [0.15, 0.2) is 11.5 Å². The molecule has 1 amide bonds. The fourth-order valence-electron chi connectivity index (χ4n) is 2.40. The van der Waals surface area contributed by atoms with Crippen molar-refractivity contribution >= 4 is 11.9 Å². The maximum absolute atomic E-state index is 12.5. The van der Waals surface area contributed by atoms with E-state index in [1.165, 1.54) is 23.2 Å². The Morgan fingerprint density at radius 2 is 1.80 bits per heavy atom. The Hall–Kier alpha value is -3.09. The predicted octanol–water partition coefficient (Wildman–Crippen LogP) is 2.38. The largest absolute Gasteiger partial charge is 0.493 e. The van der Waals surface area contributed by atoms with Crippen LogP contribution in [0.1, 0.15) is 32.0 Å². The third kappa shape index (κ3) is 4.06. The van der Waals surface area contributed by atoms with Crippen molar-refractivity contribution in [2.45, 2.75) is 13.5 Å². The van der Waals surface area contributed by atoms with Crippen LogP contribution in [0.25, 0.3) is 0 Å². The van der Waals surface area contributed by atoms with Gasteiger partial charge in [-0.1, -0.05) is 0 Å². The highest BCUT2D eigenvalue weighted by molar-refractivity contribution is 5.95. The lowest BCUT2D eigenvalue weighted by atomic mass is 10.1. The molecule has 0 bridgehead atoms. The minimum Gasteiger partial charge on any atom is -0.493 e. The number of aromatic carboxylic acids is 1. The van der Waals surface area contributed by atoms with E-state index in [4.69, 9.17) is 14.6 Å². The molecule has 0 atom stereocenters. The van der Waals surface area contributed by atoms with Crippen LogP contribution in [0.5, 0.6) is 11.5 Å². The zero-order valence-corrected chi connectivity index (χ0v) is 14.6. The molecule has 1 N–H and O–H groups in total. The van der Waals surface area contributed by atoms with Gasteiger partial charge in [-0.05, 0) is 42.3 Å². The molecule has 0 unspecified atom stereocenters. The van der Waals surface area contributed by atoms with Gasteiger partial charge < -0.3 is 19.5 Å². The van der Waals surface area contributed by atoms with E-state index in [-0.39, 0.29) is 17.2 Å². The second-order valence-electron chi connectivity index (χ2n) is 5.53. The standard InChI is InChI=1S/C18H20N2O5/c1-11-7-15(24-3)16(25-4)9-13(11)10-20(2)17(21)14-8-12(18(22)23)5-6-19-14/h5-9H,10H2,1-4H3,(H,22,23). The highest BCUT2D eigenvalue weighted by atomic mass is 16.5. The lowest BCUT2D eigenvalue weighted by Gasteiger charge is -2.19. The van der Waals surface area contributed by atoms with Crippen LogP contribution in [0, 0.1) is 6.92 Å². The molecule has 0 aliphatic rings. The highest BCUT2D eigenvalue weighted by Crippen LogP contribution is 2.30. The monoisotopic (exact) mass is 344 g/mol. The molecule has 0 fully saturated rings. The van der Waals surface area contributed by atoms with Crippen LogP contribution in [0.15, 0.2) is 30.5 Å². The number of carboxylic acid groups (broad SMARTS) is 1. The number of benzene rings is 1. The number of pyridine rings is 1. The Balaban J connectivity index is 2.24. The molecule has 132 valence electrons. The maximum Gasteiger partial charge on any atom is 0.335 e. The van der Waals surface area contributed by atoms with Crippen molar-refractivity contribution < 1.29 is 24.2 Å². The molecule has 0 radical (unpaired) electrons. The molecule has 25 heavy (non-hydrogen) atoms. The number of carbonyl (C=O) groups is 2. The summed E-state index contributed by atoms with van der Waals surface area (Å²) >= 11 is 0. The van der Waals surface area contributed by atoms with E-state index in [2.05, 4.69) is 4.98 Å². The third-order valence-corrected chi connectivity index (χ3v) is 3.82. The molecule has 2 rings (SSSR count). The first-order valence-corrected chi connectivity index (χ1v) is 7.53. The normalized spacial score (nSPS) is 10.2. The average Bonchev–Trinajstić information content (AvgIpc) is 2.62. The number of aryl methyl sites for hydroxylation is 1. The predicted molar refractivity (Wildman–Crippen MR) is 91.3 cm³/mol. The van der Waals surface area contributed by atoms with Gasteiger partial charge in [0.05, 0.1) is 19.8 Å². The zero-order valence-electron chi connectivity index (χ0n) is 14.6. The first-order chi connectivity index (χ1) is 11.9. The molecule has 7 nitrogen and oxygen atoms in total. The minimum absolute atomic E-state index is 0.0223. The van der Waals surface area contributed by atoms with Crippen LogP contribution in [0.2, 0.25) is 0 Å². The smallest absolute Gasteiger partial charge is 0.335 e. The molecule has 1 aromatic heterocycles. The Morgan fingerprint density at radius 3 is 2.40 bits per heavy atom. The second-order valence-corrected chi connectivity index (χ2v) is 5.53. The van der Waals surface area contributed by atoms with E-state index in [9.17, 15) is 9.59 Å². The number of nitrogens with zero attached hydrogens (tertiary/aromatic N) is 2. The van der Waals surface area contributed by atoms with Crippen molar-refractivity contribution in [3.8, 4) is 11.5 Å². The van der Waals surface area contributed by atoms with Gasteiger partial charge in [-0.25, -0.2) is 4.79 Å². The fourth-order valence-corrected chi connectivity index (χ4v) is 2.40. The molecule has 1 heterocycles. The quantitative estimate of drug-likeness (QED) is 0.865. The van der Waals surface area contributed by atoms with Gasteiger partial charge in [0.2, 0.25) is 0 Å². The lowest BCUT2D eigenvalue weighted by Crippen LogP contribution is -2.27.